The molecule has 0 radical (unpaired) electrons. The van der Waals surface area contributed by atoms with Crippen molar-refractivity contribution < 1.29 is 4.74 Å². The molecule has 2 fully saturated rings. The maximum absolute atomic E-state index is 6.21. The number of nitrogens with zero attached hydrogens (tertiary/aromatic N) is 2. The first kappa shape index (κ1) is 22.5. The number of benzene rings is 2. The molecule has 176 valence electrons. The molecule has 0 spiro atoms. The minimum atomic E-state index is 0.285. The lowest BCUT2D eigenvalue weighted by atomic mass is 9.52. The maximum Gasteiger partial charge on any atom is 0.120 e. The Morgan fingerprint density at radius 2 is 1.91 bits per heavy atom. The van der Waals surface area contributed by atoms with Gasteiger partial charge in [0.1, 0.15) is 12.4 Å². The second kappa shape index (κ2) is 9.16. The number of hydrogen-bond acceptors (Lipinski definition) is 3. The smallest absolute Gasteiger partial charge is 0.120 e. The van der Waals surface area contributed by atoms with Crippen molar-refractivity contribution in [2.24, 2.45) is 28.3 Å². The highest BCUT2D eigenvalue weighted by Crippen LogP contribution is 2.62. The fraction of sp³-hybridized carbons (Fsp3) is 0.567. The number of hydrazone groups is 1. The quantitative estimate of drug-likeness (QED) is 0.445. The van der Waals surface area contributed by atoms with Crippen LogP contribution in [0.1, 0.15) is 75.0 Å². The molecule has 0 aliphatic heterocycles. The lowest BCUT2D eigenvalue weighted by Crippen LogP contribution is -2.46. The van der Waals surface area contributed by atoms with Crippen molar-refractivity contribution in [3.8, 4) is 5.75 Å². The van der Waals surface area contributed by atoms with Crippen LogP contribution in [-0.4, -0.2) is 24.8 Å². The van der Waals surface area contributed by atoms with Crippen LogP contribution in [0, 0.1) is 23.2 Å². The predicted molar refractivity (Wildman–Crippen MR) is 137 cm³/mol. The Bertz CT molecular complexity index is 998. The van der Waals surface area contributed by atoms with Gasteiger partial charge in [-0.3, -0.25) is 0 Å². The van der Waals surface area contributed by atoms with Crippen molar-refractivity contribution >= 4 is 5.71 Å². The van der Waals surface area contributed by atoms with Gasteiger partial charge in [0.2, 0.25) is 0 Å². The first-order chi connectivity index (χ1) is 16.0. The molecule has 5 atom stereocenters. The van der Waals surface area contributed by atoms with Crippen LogP contribution in [0.5, 0.6) is 5.75 Å². The third-order valence-corrected chi connectivity index (χ3v) is 8.84. The summed E-state index contributed by atoms with van der Waals surface area (Å²) in [5.74, 6) is 4.06. The van der Waals surface area contributed by atoms with E-state index in [1.807, 2.05) is 5.01 Å². The molecule has 0 N–H and O–H groups in total. The van der Waals surface area contributed by atoms with Gasteiger partial charge in [0.15, 0.2) is 0 Å². The summed E-state index contributed by atoms with van der Waals surface area (Å²) < 4.78 is 6.21. The van der Waals surface area contributed by atoms with Crippen LogP contribution in [0.4, 0.5) is 0 Å². The molecule has 3 nitrogen and oxygen atoms in total. The summed E-state index contributed by atoms with van der Waals surface area (Å²) in [6.07, 6.45) is 8.88. The van der Waals surface area contributed by atoms with Crippen LogP contribution >= 0.6 is 0 Å². The minimum absolute atomic E-state index is 0.285. The Morgan fingerprint density at radius 1 is 1.09 bits per heavy atom. The molecule has 0 bridgehead atoms. The first-order valence-corrected chi connectivity index (χ1v) is 13.0. The van der Waals surface area contributed by atoms with Gasteiger partial charge in [0.05, 0.1) is 0 Å². The maximum atomic E-state index is 6.21. The SMILES string of the molecule is CCC[C@@H]1Cc2cc(OCc3ccccc3)ccc2C2CC[C@]3(C)/C(=N/N(C)C)CCC3C21. The van der Waals surface area contributed by atoms with Crippen LogP contribution in [0.15, 0.2) is 53.6 Å². The number of ether oxygens (including phenoxy) is 1. The van der Waals surface area contributed by atoms with E-state index in [0.717, 1.165) is 23.5 Å². The topological polar surface area (TPSA) is 24.8 Å². The van der Waals surface area contributed by atoms with Gasteiger partial charge in [0.25, 0.3) is 0 Å². The zero-order chi connectivity index (χ0) is 23.0. The van der Waals surface area contributed by atoms with Gasteiger partial charge in [-0.1, -0.05) is 63.1 Å². The molecule has 2 aromatic carbocycles. The lowest BCUT2D eigenvalue weighted by molar-refractivity contribution is 0.0497. The van der Waals surface area contributed by atoms with Gasteiger partial charge in [-0.05, 0) is 84.6 Å². The summed E-state index contributed by atoms with van der Waals surface area (Å²) in [5.41, 5.74) is 6.13. The van der Waals surface area contributed by atoms with Crippen molar-refractivity contribution in [3.63, 3.8) is 0 Å². The Morgan fingerprint density at radius 3 is 2.67 bits per heavy atom. The highest BCUT2D eigenvalue weighted by atomic mass is 16.5. The second-order valence-electron chi connectivity index (χ2n) is 11.1. The van der Waals surface area contributed by atoms with Crippen LogP contribution < -0.4 is 4.74 Å². The van der Waals surface area contributed by atoms with Gasteiger partial charge in [-0.15, -0.1) is 0 Å². The molecule has 33 heavy (non-hydrogen) atoms. The number of rotatable bonds is 6. The lowest BCUT2D eigenvalue weighted by Gasteiger charge is -2.52. The van der Waals surface area contributed by atoms with Crippen LogP contribution in [0.3, 0.4) is 0 Å². The number of hydrogen-bond donors (Lipinski definition) is 0. The van der Waals surface area contributed by atoms with E-state index in [0.29, 0.717) is 12.5 Å². The summed E-state index contributed by atoms with van der Waals surface area (Å²) in [5, 5.41) is 7.00. The van der Waals surface area contributed by atoms with Gasteiger partial charge in [-0.25, -0.2) is 0 Å². The zero-order valence-electron chi connectivity index (χ0n) is 20.9. The highest BCUT2D eigenvalue weighted by molar-refractivity contribution is 5.92. The Labute approximate surface area is 200 Å². The summed E-state index contributed by atoms with van der Waals surface area (Å²) >= 11 is 0. The second-order valence-corrected chi connectivity index (χ2v) is 11.1. The molecule has 2 saturated carbocycles. The fourth-order valence-corrected chi connectivity index (χ4v) is 7.45. The summed E-state index contributed by atoms with van der Waals surface area (Å²) in [6, 6.07) is 17.5. The minimum Gasteiger partial charge on any atom is -0.489 e. The molecular formula is C30H40N2O. The van der Waals surface area contributed by atoms with Crippen molar-refractivity contribution in [2.45, 2.75) is 71.3 Å². The van der Waals surface area contributed by atoms with Crippen molar-refractivity contribution in [1.82, 2.24) is 5.01 Å². The standard InChI is InChI=1S/C30H40N2O/c1-5-9-22-18-23-19-24(33-20-21-10-7-6-8-11-21)12-13-25(23)26-16-17-30(2)27(29(22)26)14-15-28(30)31-32(3)4/h6-8,10-13,19,22,26-27,29H,5,9,14-18,20H2,1-4H3/b31-28+/t22-,26?,27?,29?,30+/m1/s1. The van der Waals surface area contributed by atoms with E-state index in [4.69, 9.17) is 9.84 Å². The molecule has 3 unspecified atom stereocenters. The van der Waals surface area contributed by atoms with E-state index in [-0.39, 0.29) is 5.41 Å². The summed E-state index contributed by atoms with van der Waals surface area (Å²) in [6.45, 7) is 5.53. The fourth-order valence-electron chi connectivity index (χ4n) is 7.45. The third kappa shape index (κ3) is 4.20. The predicted octanol–water partition coefficient (Wildman–Crippen LogP) is 7.07. The van der Waals surface area contributed by atoms with Gasteiger partial charge >= 0.3 is 0 Å². The number of fused-ring (bicyclic) bond motifs is 5. The molecule has 3 aliphatic rings. The summed E-state index contributed by atoms with van der Waals surface area (Å²) in [4.78, 5) is 0. The monoisotopic (exact) mass is 444 g/mol. The molecule has 2 aromatic rings. The molecule has 0 amide bonds. The Kier molecular flexibility index (Phi) is 6.24. The van der Waals surface area contributed by atoms with Crippen molar-refractivity contribution in [3.05, 3.63) is 65.2 Å². The van der Waals surface area contributed by atoms with Crippen LogP contribution in [-0.2, 0) is 13.0 Å². The van der Waals surface area contributed by atoms with E-state index < -0.39 is 0 Å². The Hall–Kier alpha value is -2.29. The Balaban J connectivity index is 1.42. The van der Waals surface area contributed by atoms with E-state index in [9.17, 15) is 0 Å². The first-order valence-electron chi connectivity index (χ1n) is 13.0. The average molecular weight is 445 g/mol. The van der Waals surface area contributed by atoms with Crippen molar-refractivity contribution in [1.29, 1.82) is 0 Å². The van der Waals surface area contributed by atoms with Gasteiger partial charge in [-0.2, -0.15) is 5.10 Å². The van der Waals surface area contributed by atoms with E-state index in [2.05, 4.69) is 76.5 Å². The van der Waals surface area contributed by atoms with E-state index in [1.165, 1.54) is 56.2 Å². The van der Waals surface area contributed by atoms with Crippen LogP contribution in [0.25, 0.3) is 0 Å². The summed E-state index contributed by atoms with van der Waals surface area (Å²) in [7, 11) is 4.15. The highest BCUT2D eigenvalue weighted by Gasteiger charge is 2.55. The van der Waals surface area contributed by atoms with E-state index in [1.54, 1.807) is 11.1 Å². The van der Waals surface area contributed by atoms with E-state index >= 15 is 0 Å². The van der Waals surface area contributed by atoms with Gasteiger partial charge < -0.3 is 9.75 Å². The molecule has 0 heterocycles. The largest absolute Gasteiger partial charge is 0.489 e. The zero-order valence-corrected chi connectivity index (χ0v) is 20.9. The molecule has 5 rings (SSSR count). The van der Waals surface area contributed by atoms with Crippen LogP contribution in [0.2, 0.25) is 0 Å². The van der Waals surface area contributed by atoms with Gasteiger partial charge in [0, 0.05) is 25.2 Å². The molecule has 3 heteroatoms. The molecule has 0 saturated heterocycles. The third-order valence-electron chi connectivity index (χ3n) is 8.84. The van der Waals surface area contributed by atoms with Crippen molar-refractivity contribution in [2.75, 3.05) is 14.1 Å². The molecule has 3 aliphatic carbocycles. The molecule has 0 aromatic heterocycles. The molecular weight excluding hydrogens is 404 g/mol. The normalized spacial score (nSPS) is 31.6. The average Bonchev–Trinajstić information content (AvgIpc) is 3.13.